The fraction of sp³-hybridized carbons (Fsp3) is 0.714. The fourth-order valence-electron chi connectivity index (χ4n) is 4.11. The summed E-state index contributed by atoms with van der Waals surface area (Å²) in [6, 6.07) is 10.9. The van der Waals surface area contributed by atoms with Crippen LogP contribution in [0.1, 0.15) is 111 Å². The molecule has 0 fully saturated rings. The summed E-state index contributed by atoms with van der Waals surface area (Å²) < 4.78 is 0. The molecule has 1 aromatic carbocycles. The van der Waals surface area contributed by atoms with E-state index in [4.69, 9.17) is 0 Å². The van der Waals surface area contributed by atoms with Gasteiger partial charge in [0.1, 0.15) is 0 Å². The van der Waals surface area contributed by atoms with Crippen molar-refractivity contribution in [1.82, 2.24) is 0 Å². The van der Waals surface area contributed by atoms with Gasteiger partial charge in [-0.05, 0) is 62.3 Å². The standard InChI is InChI=1S/C28H48/c1-24(2)14-11-16-26(4)18-13-20-27(5)19-12-17-25(3)15-9-10-23-28-21-7-6-8-22-28/h6-8,15,21-22,24,26-27H,9-14,16-20,23H2,1-5H3. The minimum Gasteiger partial charge on any atom is -0.0856 e. The number of aryl methyl sites for hydroxylation is 1. The average Bonchev–Trinajstić information content (AvgIpc) is 2.66. The molecule has 0 nitrogen and oxygen atoms in total. The van der Waals surface area contributed by atoms with Gasteiger partial charge in [-0.3, -0.25) is 0 Å². The Labute approximate surface area is 177 Å². The SMILES string of the molecule is CC(=CCCCc1ccccc1)CCCC(C)CCCC(C)CCCC(C)C. The third-order valence-corrected chi connectivity index (χ3v) is 6.15. The van der Waals surface area contributed by atoms with Crippen LogP contribution in [0.15, 0.2) is 42.0 Å². The average molecular weight is 385 g/mol. The van der Waals surface area contributed by atoms with Crippen molar-refractivity contribution in [2.45, 2.75) is 112 Å². The van der Waals surface area contributed by atoms with E-state index in [0.717, 1.165) is 17.8 Å². The molecule has 0 heteroatoms. The number of benzene rings is 1. The second-order valence-electron chi connectivity index (χ2n) is 9.79. The normalized spacial score (nSPS) is 14.4. The van der Waals surface area contributed by atoms with Crippen LogP contribution in [0.2, 0.25) is 0 Å². The Kier molecular flexibility index (Phi) is 14.1. The van der Waals surface area contributed by atoms with Crippen molar-refractivity contribution in [2.24, 2.45) is 17.8 Å². The monoisotopic (exact) mass is 384 g/mol. The van der Waals surface area contributed by atoms with E-state index >= 15 is 0 Å². The van der Waals surface area contributed by atoms with E-state index in [9.17, 15) is 0 Å². The van der Waals surface area contributed by atoms with E-state index in [-0.39, 0.29) is 0 Å². The Balaban J connectivity index is 2.01. The highest BCUT2D eigenvalue weighted by Crippen LogP contribution is 2.22. The van der Waals surface area contributed by atoms with E-state index in [2.05, 4.69) is 71.0 Å². The summed E-state index contributed by atoms with van der Waals surface area (Å²) in [4.78, 5) is 0. The minimum absolute atomic E-state index is 0.869. The van der Waals surface area contributed by atoms with Crippen LogP contribution in [-0.2, 0) is 6.42 Å². The highest BCUT2D eigenvalue weighted by Gasteiger charge is 2.06. The number of unbranched alkanes of at least 4 members (excludes halogenated alkanes) is 1. The predicted molar refractivity (Wildman–Crippen MR) is 128 cm³/mol. The molecule has 0 aromatic heterocycles. The molecule has 1 rings (SSSR count). The largest absolute Gasteiger partial charge is 0.0856 e. The van der Waals surface area contributed by atoms with E-state index in [1.807, 2.05) is 0 Å². The molecule has 1 aromatic rings. The molecule has 0 aliphatic rings. The summed E-state index contributed by atoms with van der Waals surface area (Å²) in [7, 11) is 0. The van der Waals surface area contributed by atoms with E-state index < -0.39 is 0 Å². The molecule has 2 atom stereocenters. The van der Waals surface area contributed by atoms with Gasteiger partial charge >= 0.3 is 0 Å². The van der Waals surface area contributed by atoms with Gasteiger partial charge in [0.05, 0.1) is 0 Å². The molecule has 0 spiro atoms. The third kappa shape index (κ3) is 14.0. The Hall–Kier alpha value is -1.04. The lowest BCUT2D eigenvalue weighted by Crippen LogP contribution is -2.00. The maximum absolute atomic E-state index is 2.48. The maximum atomic E-state index is 2.48. The quantitative estimate of drug-likeness (QED) is 0.197. The van der Waals surface area contributed by atoms with Crippen molar-refractivity contribution in [1.29, 1.82) is 0 Å². The number of hydrogen-bond donors (Lipinski definition) is 0. The summed E-state index contributed by atoms with van der Waals surface area (Å²) in [5, 5.41) is 0. The fourth-order valence-corrected chi connectivity index (χ4v) is 4.11. The molecule has 0 bridgehead atoms. The van der Waals surface area contributed by atoms with Crippen molar-refractivity contribution in [2.75, 3.05) is 0 Å². The van der Waals surface area contributed by atoms with Crippen LogP contribution in [0.3, 0.4) is 0 Å². The first-order chi connectivity index (χ1) is 13.5. The van der Waals surface area contributed by atoms with Gasteiger partial charge in [0.25, 0.3) is 0 Å². The summed E-state index contributed by atoms with van der Waals surface area (Å²) in [5.41, 5.74) is 3.07. The Morgan fingerprint density at radius 1 is 0.750 bits per heavy atom. The zero-order valence-corrected chi connectivity index (χ0v) is 19.7. The van der Waals surface area contributed by atoms with Gasteiger partial charge in [0, 0.05) is 0 Å². The highest BCUT2D eigenvalue weighted by molar-refractivity contribution is 5.14. The van der Waals surface area contributed by atoms with Crippen molar-refractivity contribution >= 4 is 0 Å². The van der Waals surface area contributed by atoms with Crippen LogP contribution >= 0.6 is 0 Å². The van der Waals surface area contributed by atoms with Crippen LogP contribution in [0.4, 0.5) is 0 Å². The second kappa shape index (κ2) is 15.8. The second-order valence-corrected chi connectivity index (χ2v) is 9.79. The van der Waals surface area contributed by atoms with Gasteiger partial charge in [-0.2, -0.15) is 0 Å². The molecule has 0 aliphatic heterocycles. The Bertz CT molecular complexity index is 496. The van der Waals surface area contributed by atoms with E-state index in [1.165, 1.54) is 82.6 Å². The molecular weight excluding hydrogens is 336 g/mol. The molecule has 0 saturated heterocycles. The number of rotatable bonds is 16. The summed E-state index contributed by atoms with van der Waals surface area (Å²) in [6.07, 6.45) is 18.8. The molecule has 28 heavy (non-hydrogen) atoms. The summed E-state index contributed by atoms with van der Waals surface area (Å²) in [6.45, 7) is 11.9. The summed E-state index contributed by atoms with van der Waals surface area (Å²) >= 11 is 0. The van der Waals surface area contributed by atoms with Crippen LogP contribution in [0.25, 0.3) is 0 Å². The summed E-state index contributed by atoms with van der Waals surface area (Å²) in [5.74, 6) is 2.69. The lowest BCUT2D eigenvalue weighted by atomic mass is 9.91. The molecule has 0 radical (unpaired) electrons. The molecule has 0 aliphatic carbocycles. The Morgan fingerprint density at radius 2 is 1.32 bits per heavy atom. The molecule has 0 saturated carbocycles. The first-order valence-electron chi connectivity index (χ1n) is 12.2. The minimum atomic E-state index is 0.869. The molecule has 0 amide bonds. The van der Waals surface area contributed by atoms with Gasteiger partial charge < -0.3 is 0 Å². The first kappa shape index (κ1) is 25.0. The lowest BCUT2D eigenvalue weighted by molar-refractivity contribution is 0.389. The molecule has 2 unspecified atom stereocenters. The highest BCUT2D eigenvalue weighted by atomic mass is 14.1. The topological polar surface area (TPSA) is 0 Å². The predicted octanol–water partition coefficient (Wildman–Crippen LogP) is 9.39. The van der Waals surface area contributed by atoms with Gasteiger partial charge in [0.15, 0.2) is 0 Å². The Morgan fingerprint density at radius 3 is 1.93 bits per heavy atom. The number of allylic oxidation sites excluding steroid dienone is 2. The van der Waals surface area contributed by atoms with Crippen LogP contribution in [0, 0.1) is 17.8 Å². The van der Waals surface area contributed by atoms with Gasteiger partial charge in [-0.15, -0.1) is 0 Å². The van der Waals surface area contributed by atoms with Crippen LogP contribution in [-0.4, -0.2) is 0 Å². The smallest absolute Gasteiger partial charge is 0.0276 e. The van der Waals surface area contributed by atoms with Crippen molar-refractivity contribution < 1.29 is 0 Å². The van der Waals surface area contributed by atoms with Gasteiger partial charge in [-0.25, -0.2) is 0 Å². The van der Waals surface area contributed by atoms with Gasteiger partial charge in [0.2, 0.25) is 0 Å². The zero-order chi connectivity index (χ0) is 20.6. The van der Waals surface area contributed by atoms with E-state index in [0.29, 0.717) is 0 Å². The molecule has 160 valence electrons. The lowest BCUT2D eigenvalue weighted by Gasteiger charge is -2.15. The van der Waals surface area contributed by atoms with Crippen LogP contribution < -0.4 is 0 Å². The molecule has 0 heterocycles. The zero-order valence-electron chi connectivity index (χ0n) is 19.7. The molecular formula is C28H48. The van der Waals surface area contributed by atoms with E-state index in [1.54, 1.807) is 5.57 Å². The maximum Gasteiger partial charge on any atom is -0.0276 e. The number of hydrogen-bond acceptors (Lipinski definition) is 0. The van der Waals surface area contributed by atoms with Gasteiger partial charge in [-0.1, -0.05) is 115 Å². The first-order valence-corrected chi connectivity index (χ1v) is 12.2. The van der Waals surface area contributed by atoms with Crippen LogP contribution in [0.5, 0.6) is 0 Å². The van der Waals surface area contributed by atoms with Crippen molar-refractivity contribution in [3.63, 3.8) is 0 Å². The van der Waals surface area contributed by atoms with Crippen molar-refractivity contribution in [3.8, 4) is 0 Å². The molecule has 0 N–H and O–H groups in total. The van der Waals surface area contributed by atoms with Crippen molar-refractivity contribution in [3.05, 3.63) is 47.5 Å². The third-order valence-electron chi connectivity index (χ3n) is 6.15.